The molecule has 0 aromatic heterocycles. The zero-order valence-corrected chi connectivity index (χ0v) is 14.6. The molecule has 1 rings (SSSR count). The van der Waals surface area contributed by atoms with Crippen molar-refractivity contribution in [2.24, 2.45) is 0 Å². The van der Waals surface area contributed by atoms with E-state index in [9.17, 15) is 4.79 Å². The average Bonchev–Trinajstić information content (AvgIpc) is 2.32. The first-order valence-corrected chi connectivity index (χ1v) is 14.2. The van der Waals surface area contributed by atoms with Crippen LogP contribution >= 0.6 is 0 Å². The number of phenols is 1. The van der Waals surface area contributed by atoms with Crippen LogP contribution in [0.2, 0.25) is 11.9 Å². The molecule has 3 nitrogen and oxygen atoms in total. The summed E-state index contributed by atoms with van der Waals surface area (Å²) in [6.07, 6.45) is 0. The number of carboxylic acid groups (broad SMARTS) is 1. The van der Waals surface area contributed by atoms with Gasteiger partial charge in [-0.25, -0.2) is 4.79 Å². The molecule has 0 aliphatic rings. The van der Waals surface area contributed by atoms with Crippen LogP contribution in [0.25, 0.3) is 0 Å². The van der Waals surface area contributed by atoms with Crippen molar-refractivity contribution in [2.45, 2.75) is 32.7 Å². The molecule has 4 heteroatoms. The van der Waals surface area contributed by atoms with Crippen LogP contribution in [0.3, 0.4) is 0 Å². The van der Waals surface area contributed by atoms with E-state index >= 15 is 0 Å². The van der Waals surface area contributed by atoms with E-state index < -0.39 is 28.7 Å². The van der Waals surface area contributed by atoms with Gasteiger partial charge in [-0.15, -0.1) is 0 Å². The van der Waals surface area contributed by atoms with E-state index in [1.807, 2.05) is 0 Å². The fourth-order valence-corrected chi connectivity index (χ4v) is 7.24. The molecule has 95 valence electrons. The van der Waals surface area contributed by atoms with Crippen LogP contribution < -0.4 is 0 Å². The van der Waals surface area contributed by atoms with Crippen molar-refractivity contribution in [3.63, 3.8) is 0 Å². The van der Waals surface area contributed by atoms with Crippen molar-refractivity contribution in [1.82, 2.24) is 0 Å². The Bertz CT molecular complexity index is 330. The maximum Gasteiger partial charge on any atom is 0.339 e. The Balaban J connectivity index is 0.000000325. The third kappa shape index (κ3) is 6.65. The van der Waals surface area contributed by atoms with E-state index in [1.54, 1.807) is 24.1 Å². The average molecular weight is 433 g/mol. The predicted molar refractivity (Wildman–Crippen MR) is 72.3 cm³/mol. The Kier molecular flexibility index (Phi) is 9.12. The molecular formula is C13H21O3Pb. The number of carboxylic acids is 1. The molecule has 0 saturated carbocycles. The van der Waals surface area contributed by atoms with E-state index in [1.165, 1.54) is 12.1 Å². The van der Waals surface area contributed by atoms with E-state index in [-0.39, 0.29) is 11.3 Å². The van der Waals surface area contributed by atoms with Crippen molar-refractivity contribution in [2.75, 3.05) is 0 Å². The number of aromatic hydroxyl groups is 1. The van der Waals surface area contributed by atoms with E-state index in [0.29, 0.717) is 0 Å². The standard InChI is InChI=1S/C7H6O3.3C2H5.Pb/c8-6-4-2-1-3-5(6)7(9)10;3*1-2;/h1-4,8H,(H,9,10);3*1H2,2H3;. The summed E-state index contributed by atoms with van der Waals surface area (Å²) in [5, 5.41) is 17.3. The molecule has 1 aromatic carbocycles. The normalized spacial score (nSPS) is 9.65. The summed E-state index contributed by atoms with van der Waals surface area (Å²) in [5.74, 6) is -1.31. The fourth-order valence-electron chi connectivity index (χ4n) is 1.40. The molecule has 0 atom stereocenters. The van der Waals surface area contributed by atoms with Crippen LogP contribution in [0.15, 0.2) is 24.3 Å². The van der Waals surface area contributed by atoms with Gasteiger partial charge in [0.15, 0.2) is 0 Å². The number of rotatable bonds is 4. The minimum Gasteiger partial charge on any atom is -0.507 e. The zero-order valence-electron chi connectivity index (χ0n) is 10.7. The van der Waals surface area contributed by atoms with Gasteiger partial charge in [0, 0.05) is 0 Å². The SMILES string of the molecule is C[CH2][Pb]([CH2]C)[CH2]C.O=C(O)c1ccccc1O. The first kappa shape index (κ1) is 16.4. The summed E-state index contributed by atoms with van der Waals surface area (Å²) in [4.78, 5) is 10.3. The van der Waals surface area contributed by atoms with E-state index in [2.05, 4.69) is 20.8 Å². The van der Waals surface area contributed by atoms with Gasteiger partial charge in [-0.2, -0.15) is 0 Å². The minimum absolute atomic E-state index is 0.0671. The molecule has 0 aliphatic carbocycles. The van der Waals surface area contributed by atoms with Gasteiger partial charge in [-0.05, 0) is 12.1 Å². The van der Waals surface area contributed by atoms with E-state index in [4.69, 9.17) is 10.2 Å². The number of benzene rings is 1. The van der Waals surface area contributed by atoms with Crippen molar-refractivity contribution < 1.29 is 15.0 Å². The molecule has 0 spiro atoms. The van der Waals surface area contributed by atoms with Crippen molar-refractivity contribution in [1.29, 1.82) is 0 Å². The third-order valence-electron chi connectivity index (χ3n) is 2.63. The van der Waals surface area contributed by atoms with Gasteiger partial charge in [-0.3, -0.25) is 0 Å². The third-order valence-corrected chi connectivity index (χ3v) is 14.3. The molecule has 0 heterocycles. The summed E-state index contributed by atoms with van der Waals surface area (Å²) in [6, 6.07) is 5.81. The van der Waals surface area contributed by atoms with Crippen LogP contribution in [0, 0.1) is 0 Å². The monoisotopic (exact) mass is 433 g/mol. The summed E-state index contributed by atoms with van der Waals surface area (Å²) in [7, 11) is 0. The van der Waals surface area contributed by atoms with E-state index in [0.717, 1.165) is 0 Å². The number of aromatic carboxylic acids is 1. The molecule has 2 N–H and O–H groups in total. The fraction of sp³-hybridized carbons (Fsp3) is 0.462. The number of hydrogen-bond acceptors (Lipinski definition) is 2. The summed E-state index contributed by atoms with van der Waals surface area (Å²) >= 11 is -0.789. The largest absolute Gasteiger partial charge is 0.507 e. The van der Waals surface area contributed by atoms with Crippen molar-refractivity contribution in [3.05, 3.63) is 29.8 Å². The second-order valence-corrected chi connectivity index (χ2v) is 17.7. The first-order chi connectivity index (χ1) is 8.06. The molecule has 0 saturated heterocycles. The Labute approximate surface area is 112 Å². The van der Waals surface area contributed by atoms with Gasteiger partial charge in [0.2, 0.25) is 0 Å². The molecular weight excluding hydrogens is 411 g/mol. The molecule has 1 aromatic rings. The Morgan fingerprint density at radius 2 is 1.59 bits per heavy atom. The molecule has 0 fully saturated rings. The molecule has 17 heavy (non-hydrogen) atoms. The van der Waals surface area contributed by atoms with Crippen molar-refractivity contribution in [3.8, 4) is 5.75 Å². The van der Waals surface area contributed by atoms with Crippen LogP contribution in [0.1, 0.15) is 31.1 Å². The van der Waals surface area contributed by atoms with Gasteiger partial charge in [0.1, 0.15) is 11.3 Å². The summed E-state index contributed by atoms with van der Waals surface area (Å²) in [6.45, 7) is 7.07. The van der Waals surface area contributed by atoms with Gasteiger partial charge < -0.3 is 10.2 Å². The number of para-hydroxylation sites is 1. The zero-order chi connectivity index (χ0) is 13.3. The van der Waals surface area contributed by atoms with Crippen LogP contribution in [0.4, 0.5) is 0 Å². The maximum absolute atomic E-state index is 10.3. The molecule has 1 radical (unpaired) electrons. The predicted octanol–water partition coefficient (Wildman–Crippen LogP) is 3.63. The Hall–Kier alpha value is -0.588. The van der Waals surface area contributed by atoms with Gasteiger partial charge in [0.25, 0.3) is 0 Å². The van der Waals surface area contributed by atoms with Gasteiger partial charge in [-0.1, -0.05) is 12.1 Å². The molecule has 0 unspecified atom stereocenters. The quantitative estimate of drug-likeness (QED) is 0.715. The van der Waals surface area contributed by atoms with Gasteiger partial charge >= 0.3 is 61.4 Å². The Morgan fingerprint density at radius 3 is 1.82 bits per heavy atom. The maximum atomic E-state index is 10.3. The number of carbonyl (C=O) groups is 1. The Morgan fingerprint density at radius 1 is 1.12 bits per heavy atom. The summed E-state index contributed by atoms with van der Waals surface area (Å²) < 4.78 is 4.70. The topological polar surface area (TPSA) is 57.5 Å². The van der Waals surface area contributed by atoms with Crippen LogP contribution in [-0.2, 0) is 0 Å². The van der Waals surface area contributed by atoms with Crippen LogP contribution in [0.5, 0.6) is 5.75 Å². The second kappa shape index (κ2) is 9.44. The number of hydrogen-bond donors (Lipinski definition) is 2. The second-order valence-electron chi connectivity index (χ2n) is 3.63. The molecule has 0 bridgehead atoms. The van der Waals surface area contributed by atoms with Crippen molar-refractivity contribution >= 4 is 28.7 Å². The minimum atomic E-state index is -1.11. The molecule has 0 aliphatic heterocycles. The summed E-state index contributed by atoms with van der Waals surface area (Å²) in [5.41, 5.74) is -0.0671. The molecule has 0 amide bonds. The smallest absolute Gasteiger partial charge is 0.339 e. The van der Waals surface area contributed by atoms with Crippen LogP contribution in [-0.4, -0.2) is 38.9 Å². The van der Waals surface area contributed by atoms with Gasteiger partial charge in [0.05, 0.1) is 0 Å². The first-order valence-electron chi connectivity index (χ1n) is 5.91.